The number of pyridine rings is 2. The van der Waals surface area contributed by atoms with Crippen LogP contribution in [0.5, 0.6) is 0 Å². The summed E-state index contributed by atoms with van der Waals surface area (Å²) in [4.78, 5) is 51.3. The second-order valence-corrected chi connectivity index (χ2v) is 8.63. The number of carbonyl (C=O) groups excluding carboxylic acids is 3. The molecule has 0 saturated carbocycles. The largest absolute Gasteiger partial charge is 0.384 e. The van der Waals surface area contributed by atoms with Crippen LogP contribution >= 0.6 is 0 Å². The summed E-state index contributed by atoms with van der Waals surface area (Å²) in [5.74, 6) is 0.754. The molecule has 0 aromatic carbocycles. The van der Waals surface area contributed by atoms with Gasteiger partial charge >= 0.3 is 6.03 Å². The third-order valence-electron chi connectivity index (χ3n) is 6.13. The quantitative estimate of drug-likeness (QED) is 0.603. The van der Waals surface area contributed by atoms with Crippen LogP contribution in [0.4, 0.5) is 22.1 Å². The molecule has 2 aromatic rings. The average Bonchev–Trinajstić information content (AvgIpc) is 2.85. The number of nitrogens with zero attached hydrogens (tertiary/aromatic N) is 6. The Bertz CT molecular complexity index is 1190. The lowest BCUT2D eigenvalue weighted by atomic mass is 10.0. The van der Waals surface area contributed by atoms with Gasteiger partial charge in [-0.1, -0.05) is 0 Å². The molecule has 35 heavy (non-hydrogen) atoms. The van der Waals surface area contributed by atoms with E-state index in [1.54, 1.807) is 11.0 Å². The van der Waals surface area contributed by atoms with Gasteiger partial charge in [-0.3, -0.25) is 24.7 Å². The molecule has 0 bridgehead atoms. The Balaban J connectivity index is 1.56. The highest BCUT2D eigenvalue weighted by Gasteiger charge is 2.28. The first-order valence-electron chi connectivity index (χ1n) is 11.6. The van der Waals surface area contributed by atoms with E-state index < -0.39 is 6.03 Å². The Morgan fingerprint density at radius 1 is 1.29 bits per heavy atom. The number of aryl methyl sites for hydroxylation is 1. The van der Waals surface area contributed by atoms with Crippen molar-refractivity contribution in [2.75, 3.05) is 55.3 Å². The SMILES string of the molecule is CCNc1cc(NC(=O)N2CCCc3cc(CN4CCN(C)CC4=O)c(C=O)nc32)ncc1C#N. The number of carbonyl (C=O) groups is 3. The van der Waals surface area contributed by atoms with Crippen LogP contribution in [0.15, 0.2) is 18.3 Å². The van der Waals surface area contributed by atoms with Crippen molar-refractivity contribution < 1.29 is 14.4 Å². The number of nitrogens with one attached hydrogen (secondary N) is 2. The lowest BCUT2D eigenvalue weighted by Crippen LogP contribution is -2.48. The molecule has 4 rings (SSSR count). The first-order valence-corrected chi connectivity index (χ1v) is 11.6. The topological polar surface area (TPSA) is 135 Å². The fourth-order valence-electron chi connectivity index (χ4n) is 4.31. The third-order valence-corrected chi connectivity index (χ3v) is 6.13. The summed E-state index contributed by atoms with van der Waals surface area (Å²) in [5.41, 5.74) is 2.74. The Kier molecular flexibility index (Phi) is 7.22. The Morgan fingerprint density at radius 3 is 2.83 bits per heavy atom. The van der Waals surface area contributed by atoms with Crippen molar-refractivity contribution in [3.8, 4) is 6.07 Å². The van der Waals surface area contributed by atoms with Gasteiger partial charge in [0, 0.05) is 50.6 Å². The average molecular weight is 477 g/mol. The number of hydrogen-bond acceptors (Lipinski definition) is 8. The predicted octanol–water partition coefficient (Wildman–Crippen LogP) is 1.85. The summed E-state index contributed by atoms with van der Waals surface area (Å²) in [6.07, 6.45) is 3.53. The fraction of sp³-hybridized carbons (Fsp3) is 0.417. The highest BCUT2D eigenvalue weighted by atomic mass is 16.2. The van der Waals surface area contributed by atoms with Gasteiger partial charge in [-0.15, -0.1) is 0 Å². The zero-order chi connectivity index (χ0) is 24.9. The number of aldehydes is 1. The molecular formula is C24H28N8O3. The molecule has 0 aliphatic carbocycles. The second kappa shape index (κ2) is 10.5. The van der Waals surface area contributed by atoms with Crippen LogP contribution in [0.3, 0.4) is 0 Å². The van der Waals surface area contributed by atoms with Crippen LogP contribution in [-0.4, -0.2) is 77.8 Å². The Morgan fingerprint density at radius 2 is 2.11 bits per heavy atom. The van der Waals surface area contributed by atoms with E-state index in [2.05, 4.69) is 26.7 Å². The van der Waals surface area contributed by atoms with Crippen molar-refractivity contribution in [1.82, 2.24) is 19.8 Å². The molecule has 1 saturated heterocycles. The minimum absolute atomic E-state index is 0.0150. The van der Waals surface area contributed by atoms with Gasteiger partial charge in [-0.2, -0.15) is 5.26 Å². The van der Waals surface area contributed by atoms with Crippen molar-refractivity contribution in [3.05, 3.63) is 40.7 Å². The van der Waals surface area contributed by atoms with E-state index in [0.717, 1.165) is 18.5 Å². The summed E-state index contributed by atoms with van der Waals surface area (Å²) in [6, 6.07) is 5.16. The molecule has 0 atom stereocenters. The summed E-state index contributed by atoms with van der Waals surface area (Å²) >= 11 is 0. The van der Waals surface area contributed by atoms with E-state index in [1.165, 1.54) is 11.1 Å². The molecule has 2 aromatic heterocycles. The van der Waals surface area contributed by atoms with Crippen LogP contribution in [0, 0.1) is 11.3 Å². The van der Waals surface area contributed by atoms with Crippen LogP contribution in [0.2, 0.25) is 0 Å². The van der Waals surface area contributed by atoms with E-state index in [0.29, 0.717) is 73.9 Å². The molecule has 0 unspecified atom stereocenters. The number of piperazine rings is 1. The number of hydrogen-bond donors (Lipinski definition) is 2. The third kappa shape index (κ3) is 5.22. The molecule has 2 aliphatic heterocycles. The number of urea groups is 1. The zero-order valence-corrected chi connectivity index (χ0v) is 19.9. The minimum Gasteiger partial charge on any atom is -0.384 e. The molecule has 11 nitrogen and oxygen atoms in total. The number of rotatable bonds is 6. The molecule has 1 fully saturated rings. The van der Waals surface area contributed by atoms with Crippen molar-refractivity contribution in [2.45, 2.75) is 26.3 Å². The molecule has 3 amide bonds. The maximum atomic E-state index is 13.1. The lowest BCUT2D eigenvalue weighted by molar-refractivity contribution is -0.136. The van der Waals surface area contributed by atoms with Gasteiger partial charge in [0.2, 0.25) is 5.91 Å². The molecule has 2 aliphatic rings. The van der Waals surface area contributed by atoms with Crippen molar-refractivity contribution >= 4 is 35.5 Å². The van der Waals surface area contributed by atoms with Gasteiger partial charge in [-0.05, 0) is 38.4 Å². The molecule has 182 valence electrons. The fourth-order valence-corrected chi connectivity index (χ4v) is 4.31. The van der Waals surface area contributed by atoms with Crippen molar-refractivity contribution in [1.29, 1.82) is 5.26 Å². The summed E-state index contributed by atoms with van der Waals surface area (Å²) < 4.78 is 0. The van der Waals surface area contributed by atoms with Gasteiger partial charge in [0.05, 0.1) is 17.8 Å². The van der Waals surface area contributed by atoms with E-state index in [9.17, 15) is 19.6 Å². The first-order chi connectivity index (χ1) is 16.9. The second-order valence-electron chi connectivity index (χ2n) is 8.63. The molecule has 0 spiro atoms. The smallest absolute Gasteiger partial charge is 0.328 e. The van der Waals surface area contributed by atoms with Crippen LogP contribution < -0.4 is 15.5 Å². The highest BCUT2D eigenvalue weighted by Crippen LogP contribution is 2.29. The van der Waals surface area contributed by atoms with Gasteiger partial charge in [0.1, 0.15) is 23.4 Å². The standard InChI is InChI=1S/C24H28N8O3/c1-3-26-19-10-21(27-12-18(19)11-25)29-24(35)32-6-4-5-16-9-17(20(15-33)28-23(16)32)13-31-8-7-30(2)14-22(31)34/h9-10,12,15H,3-8,13-14H2,1-2H3,(H2,26,27,29,35). The number of aromatic nitrogens is 2. The Hall–Kier alpha value is -4.04. The number of likely N-dealkylation sites (N-methyl/N-ethyl adjacent to an activating group) is 1. The summed E-state index contributed by atoms with van der Waals surface area (Å²) in [7, 11) is 1.90. The molecule has 0 radical (unpaired) electrons. The maximum Gasteiger partial charge on any atom is 0.328 e. The van der Waals surface area contributed by atoms with E-state index in [-0.39, 0.29) is 11.6 Å². The summed E-state index contributed by atoms with van der Waals surface area (Å²) in [6.45, 7) is 4.99. The van der Waals surface area contributed by atoms with E-state index in [1.807, 2.05) is 24.9 Å². The lowest BCUT2D eigenvalue weighted by Gasteiger charge is -2.33. The number of fused-ring (bicyclic) bond motifs is 1. The van der Waals surface area contributed by atoms with E-state index in [4.69, 9.17) is 0 Å². The first kappa shape index (κ1) is 24.1. The summed E-state index contributed by atoms with van der Waals surface area (Å²) in [5, 5.41) is 15.1. The number of amides is 3. The van der Waals surface area contributed by atoms with Crippen LogP contribution in [0.25, 0.3) is 0 Å². The predicted molar refractivity (Wildman–Crippen MR) is 130 cm³/mol. The van der Waals surface area contributed by atoms with Gasteiger partial charge < -0.3 is 10.2 Å². The number of nitriles is 1. The maximum absolute atomic E-state index is 13.1. The monoisotopic (exact) mass is 476 g/mol. The molecular weight excluding hydrogens is 448 g/mol. The van der Waals surface area contributed by atoms with Gasteiger partial charge in [-0.25, -0.2) is 14.8 Å². The minimum atomic E-state index is -0.419. The highest BCUT2D eigenvalue weighted by molar-refractivity contribution is 6.01. The van der Waals surface area contributed by atoms with Gasteiger partial charge in [0.25, 0.3) is 0 Å². The number of anilines is 3. The Labute approximate surface area is 203 Å². The molecule has 2 N–H and O–H groups in total. The van der Waals surface area contributed by atoms with Crippen LogP contribution in [0.1, 0.15) is 40.5 Å². The molecule has 4 heterocycles. The zero-order valence-electron chi connectivity index (χ0n) is 19.9. The van der Waals surface area contributed by atoms with Crippen molar-refractivity contribution in [3.63, 3.8) is 0 Å². The van der Waals surface area contributed by atoms with Crippen LogP contribution in [-0.2, 0) is 17.8 Å². The van der Waals surface area contributed by atoms with Crippen molar-refractivity contribution in [2.24, 2.45) is 0 Å². The molecule has 11 heteroatoms. The normalized spacial score (nSPS) is 15.9. The van der Waals surface area contributed by atoms with Gasteiger partial charge in [0.15, 0.2) is 6.29 Å². The van der Waals surface area contributed by atoms with E-state index >= 15 is 0 Å².